The summed E-state index contributed by atoms with van der Waals surface area (Å²) >= 11 is 1.85. The molecule has 1 fully saturated rings. The van der Waals surface area contributed by atoms with Crippen molar-refractivity contribution in [1.29, 1.82) is 0 Å². The van der Waals surface area contributed by atoms with Crippen molar-refractivity contribution in [3.63, 3.8) is 0 Å². The highest BCUT2D eigenvalue weighted by molar-refractivity contribution is 8.13. The van der Waals surface area contributed by atoms with E-state index in [1.165, 1.54) is 18.4 Å². The highest BCUT2D eigenvalue weighted by Crippen LogP contribution is 2.32. The summed E-state index contributed by atoms with van der Waals surface area (Å²) in [5, 5.41) is 1.15. The van der Waals surface area contributed by atoms with E-state index in [1.807, 2.05) is 17.8 Å². The summed E-state index contributed by atoms with van der Waals surface area (Å²) in [6.45, 7) is 3.99. The number of alkyl halides is 1. The Labute approximate surface area is 183 Å². The van der Waals surface area contributed by atoms with Gasteiger partial charge in [0.25, 0.3) is 0 Å². The third-order valence-electron chi connectivity index (χ3n) is 6.17. The highest BCUT2D eigenvalue weighted by atomic mass is 32.2. The first-order valence-electron chi connectivity index (χ1n) is 11.1. The molecule has 0 saturated carbocycles. The van der Waals surface area contributed by atoms with Crippen LogP contribution in [0.1, 0.15) is 31.2 Å². The number of thioether (sulfide) groups is 1. The average Bonchev–Trinajstić information content (AvgIpc) is 2.79. The normalized spacial score (nSPS) is 24.5. The van der Waals surface area contributed by atoms with Gasteiger partial charge in [0.2, 0.25) is 0 Å². The number of hydrogen-bond acceptors (Lipinski definition) is 5. The second kappa shape index (κ2) is 10.6. The number of rotatable bonds is 7. The molecular weight excluding hydrogens is 397 g/mol. The highest BCUT2D eigenvalue weighted by Gasteiger charge is 2.26. The van der Waals surface area contributed by atoms with Crippen molar-refractivity contribution >= 4 is 22.6 Å². The second-order valence-electron chi connectivity index (χ2n) is 8.25. The van der Waals surface area contributed by atoms with Crippen LogP contribution in [0.3, 0.4) is 0 Å². The van der Waals surface area contributed by atoms with Crippen molar-refractivity contribution in [2.45, 2.75) is 49.8 Å². The first-order valence-corrected chi connectivity index (χ1v) is 12.0. The number of hydrogen-bond donors (Lipinski definition) is 0. The molecule has 4 rings (SSSR count). The first-order chi connectivity index (χ1) is 14.7. The monoisotopic (exact) mass is 429 g/mol. The lowest BCUT2D eigenvalue weighted by molar-refractivity contribution is 0.0398. The van der Waals surface area contributed by atoms with E-state index in [0.717, 1.165) is 49.1 Å². The molecule has 1 aromatic rings. The van der Waals surface area contributed by atoms with Crippen LogP contribution in [0.5, 0.6) is 0 Å². The Hall–Kier alpha value is -1.63. The van der Waals surface area contributed by atoms with Gasteiger partial charge in [0.1, 0.15) is 12.3 Å². The summed E-state index contributed by atoms with van der Waals surface area (Å²) in [5.41, 5.74) is 2.45. The molecule has 2 aliphatic heterocycles. The Balaban J connectivity index is 1.14. The number of amidine groups is 1. The van der Waals surface area contributed by atoms with Gasteiger partial charge in [-0.1, -0.05) is 48.2 Å². The van der Waals surface area contributed by atoms with E-state index >= 15 is 0 Å². The Morgan fingerprint density at radius 2 is 1.97 bits per heavy atom. The molecule has 6 heteroatoms. The quantitative estimate of drug-likeness (QED) is 0.574. The number of piperidine rings is 1. The molecular formula is C24H32FN3OS. The fraction of sp³-hybridized carbons (Fsp3) is 0.542. The molecule has 0 bridgehead atoms. The van der Waals surface area contributed by atoms with E-state index in [4.69, 9.17) is 9.73 Å². The molecule has 0 amide bonds. The lowest BCUT2D eigenvalue weighted by atomic mass is 10.0. The average molecular weight is 430 g/mol. The molecule has 1 saturated heterocycles. The van der Waals surface area contributed by atoms with Crippen LogP contribution in [-0.2, 0) is 10.5 Å². The predicted molar refractivity (Wildman–Crippen MR) is 124 cm³/mol. The minimum atomic E-state index is -1.01. The van der Waals surface area contributed by atoms with Crippen molar-refractivity contribution < 1.29 is 9.13 Å². The van der Waals surface area contributed by atoms with E-state index in [2.05, 4.69) is 41.1 Å². The largest absolute Gasteiger partial charge is 0.371 e. The molecule has 0 aromatic heterocycles. The number of aliphatic imine (C=N–C) groups is 1. The standard InChI is InChI=1S/C24H32FN3OS/c1-27(24-26-22-10-4-2-8-19(22)18-30-24)20-12-15-28(16-13-20)14-6-7-17-29-23-11-5-3-9-21(23)25/h2-5,8-11,20-21,23H,6-7,12-18H2,1H3. The van der Waals surface area contributed by atoms with Gasteiger partial charge in [0, 0.05) is 38.5 Å². The van der Waals surface area contributed by atoms with Crippen LogP contribution in [0.4, 0.5) is 10.1 Å². The van der Waals surface area contributed by atoms with Gasteiger partial charge in [-0.15, -0.1) is 0 Å². The maximum Gasteiger partial charge on any atom is 0.164 e. The fourth-order valence-electron chi connectivity index (χ4n) is 4.25. The number of unbranched alkanes of at least 4 members (excludes halogenated alkanes) is 1. The SMILES string of the molecule is CN(C1=Nc2ccccc2CS1)C1CCN(CCCCOC2C=CC=CC2F)CC1. The van der Waals surface area contributed by atoms with Gasteiger partial charge in [-0.3, -0.25) is 0 Å². The van der Waals surface area contributed by atoms with Crippen molar-refractivity contribution in [2.75, 3.05) is 33.3 Å². The van der Waals surface area contributed by atoms with Crippen molar-refractivity contribution in [2.24, 2.45) is 4.99 Å². The van der Waals surface area contributed by atoms with E-state index in [1.54, 1.807) is 18.2 Å². The summed E-state index contributed by atoms with van der Waals surface area (Å²) < 4.78 is 19.3. The van der Waals surface area contributed by atoms with Crippen LogP contribution in [0.2, 0.25) is 0 Å². The number of benzene rings is 1. The Morgan fingerprint density at radius 1 is 1.17 bits per heavy atom. The first kappa shape index (κ1) is 21.6. The minimum Gasteiger partial charge on any atom is -0.371 e. The number of fused-ring (bicyclic) bond motifs is 1. The molecule has 2 heterocycles. The zero-order chi connectivity index (χ0) is 20.8. The molecule has 3 aliphatic rings. The minimum absolute atomic E-state index is 0.409. The summed E-state index contributed by atoms with van der Waals surface area (Å²) in [5.74, 6) is 1.01. The van der Waals surface area contributed by atoms with Crippen LogP contribution in [0, 0.1) is 0 Å². The van der Waals surface area contributed by atoms with Gasteiger partial charge in [0.05, 0.1) is 5.69 Å². The molecule has 0 radical (unpaired) electrons. The molecule has 4 nitrogen and oxygen atoms in total. The third kappa shape index (κ3) is 5.54. The van der Waals surface area contributed by atoms with E-state index < -0.39 is 12.3 Å². The Kier molecular flexibility index (Phi) is 7.63. The molecule has 1 aromatic carbocycles. The number of para-hydroxylation sites is 1. The lowest BCUT2D eigenvalue weighted by Gasteiger charge is -2.38. The Morgan fingerprint density at radius 3 is 2.80 bits per heavy atom. The fourth-order valence-corrected chi connectivity index (χ4v) is 5.29. The van der Waals surface area contributed by atoms with Gasteiger partial charge >= 0.3 is 0 Å². The summed E-state index contributed by atoms with van der Waals surface area (Å²) in [4.78, 5) is 9.84. The number of nitrogens with zero attached hydrogens (tertiary/aromatic N) is 3. The summed E-state index contributed by atoms with van der Waals surface area (Å²) in [6.07, 6.45) is 9.98. The molecule has 0 N–H and O–H groups in total. The van der Waals surface area contributed by atoms with Gasteiger partial charge in [-0.05, 0) is 49.9 Å². The summed E-state index contributed by atoms with van der Waals surface area (Å²) in [7, 11) is 2.20. The Bertz CT molecular complexity index is 788. The van der Waals surface area contributed by atoms with E-state index in [0.29, 0.717) is 12.6 Å². The van der Waals surface area contributed by atoms with Crippen LogP contribution in [-0.4, -0.2) is 66.6 Å². The third-order valence-corrected chi connectivity index (χ3v) is 7.26. The number of ether oxygens (including phenoxy) is 1. The van der Waals surface area contributed by atoms with Gasteiger partial charge in [0.15, 0.2) is 5.17 Å². The van der Waals surface area contributed by atoms with Gasteiger partial charge in [-0.2, -0.15) is 0 Å². The molecule has 2 atom stereocenters. The van der Waals surface area contributed by atoms with E-state index in [9.17, 15) is 4.39 Å². The number of likely N-dealkylation sites (tertiary alicyclic amines) is 1. The van der Waals surface area contributed by atoms with Gasteiger partial charge in [-0.25, -0.2) is 9.38 Å². The van der Waals surface area contributed by atoms with Crippen molar-refractivity contribution in [3.8, 4) is 0 Å². The molecule has 30 heavy (non-hydrogen) atoms. The molecule has 2 unspecified atom stereocenters. The molecule has 1 aliphatic carbocycles. The molecule has 162 valence electrons. The zero-order valence-electron chi connectivity index (χ0n) is 17.8. The topological polar surface area (TPSA) is 28.1 Å². The van der Waals surface area contributed by atoms with Gasteiger partial charge < -0.3 is 14.5 Å². The lowest BCUT2D eigenvalue weighted by Crippen LogP contribution is -2.45. The van der Waals surface area contributed by atoms with Crippen molar-refractivity contribution in [3.05, 3.63) is 54.1 Å². The zero-order valence-corrected chi connectivity index (χ0v) is 18.6. The van der Waals surface area contributed by atoms with E-state index in [-0.39, 0.29) is 0 Å². The van der Waals surface area contributed by atoms with Crippen LogP contribution < -0.4 is 0 Å². The second-order valence-corrected chi connectivity index (χ2v) is 9.19. The predicted octanol–water partition coefficient (Wildman–Crippen LogP) is 4.95. The maximum absolute atomic E-state index is 13.7. The summed E-state index contributed by atoms with van der Waals surface area (Å²) in [6, 6.07) is 9.01. The number of allylic oxidation sites excluding steroid dienone is 2. The maximum atomic E-state index is 13.7. The smallest absolute Gasteiger partial charge is 0.164 e. The van der Waals surface area contributed by atoms with Crippen LogP contribution >= 0.6 is 11.8 Å². The number of halogens is 1. The van der Waals surface area contributed by atoms with Crippen LogP contribution in [0.15, 0.2) is 53.6 Å². The van der Waals surface area contributed by atoms with Crippen molar-refractivity contribution in [1.82, 2.24) is 9.80 Å². The molecule has 0 spiro atoms. The van der Waals surface area contributed by atoms with Crippen LogP contribution in [0.25, 0.3) is 0 Å².